The van der Waals surface area contributed by atoms with Gasteiger partial charge in [-0.2, -0.15) is 0 Å². The van der Waals surface area contributed by atoms with E-state index in [1.165, 1.54) is 0 Å². The van der Waals surface area contributed by atoms with E-state index in [-0.39, 0.29) is 134 Å². The van der Waals surface area contributed by atoms with Gasteiger partial charge >= 0.3 is 71.6 Å². The molecule has 0 aromatic rings. The maximum absolute atomic E-state index is 11.2. The fourth-order valence-corrected chi connectivity index (χ4v) is 14.1. The van der Waals surface area contributed by atoms with Crippen LogP contribution < -0.4 is 0 Å². The van der Waals surface area contributed by atoms with E-state index >= 15 is 0 Å². The molecule has 18 unspecified atom stereocenters. The molecule has 0 fully saturated rings. The van der Waals surface area contributed by atoms with Crippen molar-refractivity contribution in [3.05, 3.63) is 72.9 Å². The molecule has 6 rings (SSSR count). The molecule has 18 atom stereocenters. The Labute approximate surface area is 657 Å². The summed E-state index contributed by atoms with van der Waals surface area (Å²) in [5.41, 5.74) is 0. The largest absolute Gasteiger partial charge is 0.481 e. The third-order valence-corrected chi connectivity index (χ3v) is 18.1. The van der Waals surface area contributed by atoms with Crippen LogP contribution in [0.2, 0.25) is 0 Å². The molecule has 0 heterocycles. The minimum atomic E-state index is -1.01. The first kappa shape index (κ1) is 98.6. The minimum Gasteiger partial charge on any atom is -0.481 e. The summed E-state index contributed by atoms with van der Waals surface area (Å²) in [4.78, 5) is 133. The number of aliphatic carboxylic acids is 12. The van der Waals surface area contributed by atoms with E-state index in [0.717, 1.165) is 38.5 Å². The second-order valence-electron chi connectivity index (χ2n) is 28.6. The summed E-state index contributed by atoms with van der Waals surface area (Å²) in [6.45, 7) is 24.1. The van der Waals surface area contributed by atoms with Crippen LogP contribution in [0.15, 0.2) is 72.9 Å². The van der Waals surface area contributed by atoms with Crippen molar-refractivity contribution in [2.45, 2.75) is 160 Å². The molecule has 27 heteroatoms. The molecule has 0 saturated heterocycles. The van der Waals surface area contributed by atoms with Gasteiger partial charge in [0, 0.05) is 98.1 Å². The van der Waals surface area contributed by atoms with E-state index in [4.69, 9.17) is 61.3 Å². The summed E-state index contributed by atoms with van der Waals surface area (Å²) in [5, 5.41) is 109. The molecule has 0 bridgehead atoms. The Morgan fingerprint density at radius 2 is 0.323 bits per heavy atom. The number of carbonyl (C=O) groups is 12. The normalized spacial score (nSPS) is 28.4. The molecule has 12 N–H and O–H groups in total. The molecule has 0 saturated carbocycles. The van der Waals surface area contributed by atoms with E-state index in [9.17, 15) is 57.5 Å². The first-order valence-electron chi connectivity index (χ1n) is 33.3. The van der Waals surface area contributed by atoms with Gasteiger partial charge in [0.05, 0.1) is 71.0 Å². The SMILES string of the molecule is CC(C)CC1C=CCC(C(=O)O)C1C(=O)O.CC(C)CC1C=CCC(C(=O)O)C1C(=O)O.CC(C)CC1C=CCC(C(=O)O)C1C(=O)O.CC(C)CC1C=CCC(C(=O)O)C1C(=O)O.CC(C)CC1C=CCC(C(=O)O)C1C(=O)O.CC(C)CC1C=CCC(C(=O)O)C1C(=O)O.[Y].[Y].[Y]. The smallest absolute Gasteiger partial charge is 0.307 e. The van der Waals surface area contributed by atoms with Crippen molar-refractivity contribution in [1.29, 1.82) is 0 Å². The van der Waals surface area contributed by atoms with Crippen LogP contribution in [-0.4, -0.2) is 133 Å². The standard InChI is InChI=1S/6C12H18O4.3Y/c6*1-7(2)6-8-4-3-5-9(11(13)14)10(8)12(15)16;;;/h6*3-4,7-10H,5-6H2,1-2H3,(H,13,14)(H,15,16);;;. The summed E-state index contributed by atoms with van der Waals surface area (Å²) >= 11 is 0. The van der Waals surface area contributed by atoms with Gasteiger partial charge in [0.25, 0.3) is 0 Å². The molecular weight excluding hydrogens is 1520 g/mol. The van der Waals surface area contributed by atoms with Crippen LogP contribution in [0, 0.1) is 142 Å². The van der Waals surface area contributed by atoms with Crippen molar-refractivity contribution in [2.24, 2.45) is 142 Å². The summed E-state index contributed by atoms with van der Waals surface area (Å²) in [7, 11) is 0. The summed E-state index contributed by atoms with van der Waals surface area (Å²) < 4.78 is 0. The van der Waals surface area contributed by atoms with Crippen molar-refractivity contribution in [3.63, 3.8) is 0 Å². The van der Waals surface area contributed by atoms with Gasteiger partial charge in [-0.05, 0) is 148 Å². The third-order valence-electron chi connectivity index (χ3n) is 18.1. The molecule has 99 heavy (non-hydrogen) atoms. The van der Waals surface area contributed by atoms with Crippen molar-refractivity contribution in [1.82, 2.24) is 0 Å². The van der Waals surface area contributed by atoms with Gasteiger partial charge in [-0.15, -0.1) is 0 Å². The van der Waals surface area contributed by atoms with Crippen LogP contribution in [0.4, 0.5) is 0 Å². The predicted octanol–water partition coefficient (Wildman–Crippen LogP) is 12.1. The van der Waals surface area contributed by atoms with Crippen LogP contribution in [0.25, 0.3) is 0 Å². The fraction of sp³-hybridized carbons (Fsp3) is 0.667. The molecule has 6 aliphatic carbocycles. The van der Waals surface area contributed by atoms with Gasteiger partial charge in [-0.1, -0.05) is 156 Å². The van der Waals surface area contributed by atoms with E-state index in [0.29, 0.717) is 74.0 Å². The summed E-state index contributed by atoms with van der Waals surface area (Å²) in [6, 6.07) is 0. The Balaban J connectivity index is -0.00000111. The number of carboxylic acid groups (broad SMARTS) is 12. The van der Waals surface area contributed by atoms with Crippen LogP contribution >= 0.6 is 0 Å². The quantitative estimate of drug-likeness (QED) is 0.0399. The van der Waals surface area contributed by atoms with Gasteiger partial charge in [-0.3, -0.25) is 57.5 Å². The number of allylic oxidation sites excluding steroid dienone is 12. The molecule has 549 valence electrons. The Morgan fingerprint density at radius 3 is 0.394 bits per heavy atom. The first-order chi connectivity index (χ1) is 44.6. The van der Waals surface area contributed by atoms with Crippen LogP contribution in [0.3, 0.4) is 0 Å². The van der Waals surface area contributed by atoms with E-state index in [1.54, 1.807) is 36.5 Å². The molecule has 0 aliphatic heterocycles. The Morgan fingerprint density at radius 1 is 0.222 bits per heavy atom. The van der Waals surface area contributed by atoms with E-state index in [2.05, 4.69) is 0 Å². The number of hydrogen-bond acceptors (Lipinski definition) is 12. The van der Waals surface area contributed by atoms with E-state index < -0.39 is 143 Å². The van der Waals surface area contributed by atoms with Crippen molar-refractivity contribution in [3.8, 4) is 0 Å². The Hall–Kier alpha value is -4.61. The molecule has 24 nitrogen and oxygen atoms in total. The van der Waals surface area contributed by atoms with Crippen LogP contribution in [0.5, 0.6) is 0 Å². The molecule has 0 aromatic carbocycles. The Bertz CT molecular complexity index is 2340. The average Bonchev–Trinajstić information content (AvgIpc) is 0.879. The van der Waals surface area contributed by atoms with Crippen LogP contribution in [-0.2, 0) is 156 Å². The number of hydrogen-bond donors (Lipinski definition) is 12. The predicted molar refractivity (Wildman–Crippen MR) is 354 cm³/mol. The van der Waals surface area contributed by atoms with Gasteiger partial charge in [0.1, 0.15) is 0 Å². The molecule has 0 spiro atoms. The molecular formula is C72H108O24Y3. The second-order valence-corrected chi connectivity index (χ2v) is 28.6. The summed E-state index contributed by atoms with van der Waals surface area (Å²) in [5.74, 6) is -20.2. The molecule has 0 amide bonds. The third kappa shape index (κ3) is 34.0. The zero-order valence-corrected chi connectivity index (χ0v) is 67.8. The van der Waals surface area contributed by atoms with E-state index in [1.807, 2.05) is 120 Å². The fourth-order valence-electron chi connectivity index (χ4n) is 14.1. The first-order valence-corrected chi connectivity index (χ1v) is 33.3. The van der Waals surface area contributed by atoms with Crippen molar-refractivity contribution < 1.29 is 217 Å². The topological polar surface area (TPSA) is 448 Å². The van der Waals surface area contributed by atoms with Crippen molar-refractivity contribution >= 4 is 71.6 Å². The number of rotatable bonds is 24. The van der Waals surface area contributed by atoms with Gasteiger partial charge in [0.2, 0.25) is 0 Å². The van der Waals surface area contributed by atoms with Gasteiger partial charge < -0.3 is 61.3 Å². The summed E-state index contributed by atoms with van der Waals surface area (Å²) in [6.07, 6.45) is 28.2. The molecule has 3 radical (unpaired) electrons. The van der Waals surface area contributed by atoms with Gasteiger partial charge in [0.15, 0.2) is 0 Å². The van der Waals surface area contributed by atoms with Crippen molar-refractivity contribution in [2.75, 3.05) is 0 Å². The average molecular weight is 1620 g/mol. The zero-order chi connectivity index (χ0) is 73.8. The van der Waals surface area contributed by atoms with Crippen LogP contribution in [0.1, 0.15) is 160 Å². The maximum atomic E-state index is 11.2. The minimum absolute atomic E-state index is 0. The Kier molecular flexibility index (Phi) is 48.9. The van der Waals surface area contributed by atoms with Gasteiger partial charge in [-0.25, -0.2) is 0 Å². The monoisotopic (exact) mass is 1620 g/mol. The molecule has 0 aromatic heterocycles. The maximum Gasteiger partial charge on any atom is 0.307 e. The second kappa shape index (κ2) is 49.1. The zero-order valence-electron chi connectivity index (χ0n) is 59.3. The molecule has 6 aliphatic rings. The number of carboxylic acids is 12.